The van der Waals surface area contributed by atoms with Gasteiger partial charge in [-0.15, -0.1) is 0 Å². The Morgan fingerprint density at radius 1 is 1.40 bits per heavy atom. The van der Waals surface area contributed by atoms with Gasteiger partial charge in [0.25, 0.3) is 0 Å². The molecule has 0 amide bonds. The molecule has 2 aliphatic rings. The normalized spacial score (nSPS) is 21.4. The van der Waals surface area contributed by atoms with E-state index < -0.39 is 5.97 Å². The predicted molar refractivity (Wildman–Crippen MR) is 90.9 cm³/mol. The molecule has 1 atom stereocenters. The number of nitriles is 1. The Balaban J connectivity index is 2.03. The molecule has 6 heteroatoms. The summed E-state index contributed by atoms with van der Waals surface area (Å²) in [7, 11) is 3.17. The third-order valence-electron chi connectivity index (χ3n) is 5.05. The third-order valence-corrected chi connectivity index (χ3v) is 5.05. The number of aromatic nitrogens is 1. The summed E-state index contributed by atoms with van der Waals surface area (Å²) in [6, 6.07) is 9.74. The number of carbonyl (C=O) groups excluding carboxylic acids is 1. The monoisotopic (exact) mass is 334 g/mol. The van der Waals surface area contributed by atoms with Crippen molar-refractivity contribution in [2.24, 2.45) is 0 Å². The molecule has 0 radical (unpaired) electrons. The minimum Gasteiger partial charge on any atom is -0.503 e. The molecule has 0 fully saturated rings. The van der Waals surface area contributed by atoms with Crippen LogP contribution in [-0.4, -0.2) is 41.2 Å². The summed E-state index contributed by atoms with van der Waals surface area (Å²) in [6.07, 6.45) is 2.03. The van der Waals surface area contributed by atoms with Crippen LogP contribution in [0.1, 0.15) is 16.8 Å². The van der Waals surface area contributed by atoms with Crippen LogP contribution in [0, 0.1) is 11.3 Å². The molecule has 1 N–H and O–H groups in total. The van der Waals surface area contributed by atoms with Crippen LogP contribution in [0.25, 0.3) is 16.6 Å². The summed E-state index contributed by atoms with van der Waals surface area (Å²) in [5.41, 5.74) is 3.53. The molecule has 2 aromatic rings. The molecule has 4 rings (SSSR count). The number of allylic oxidation sites excluding steroid dienone is 1. The maximum atomic E-state index is 12.2. The number of aliphatic hydroxyl groups is 1. The number of likely N-dealkylation sites (N-methyl/N-ethyl adjacent to an activating group) is 1. The van der Waals surface area contributed by atoms with Gasteiger partial charge in [-0.3, -0.25) is 9.47 Å². The number of methoxy groups -OCH3 is 1. The molecular formula is C19H16N3O3+. The number of esters is 1. The van der Waals surface area contributed by atoms with Crippen molar-refractivity contribution in [3.05, 3.63) is 58.6 Å². The van der Waals surface area contributed by atoms with Crippen molar-refractivity contribution < 1.29 is 19.1 Å². The molecule has 1 unspecified atom stereocenters. The molecule has 0 aliphatic carbocycles. The zero-order valence-electron chi connectivity index (χ0n) is 13.9. The van der Waals surface area contributed by atoms with Crippen molar-refractivity contribution in [2.45, 2.75) is 6.42 Å². The Morgan fingerprint density at radius 3 is 2.88 bits per heavy atom. The van der Waals surface area contributed by atoms with Gasteiger partial charge in [-0.05, 0) is 6.07 Å². The Labute approximate surface area is 144 Å². The van der Waals surface area contributed by atoms with Crippen molar-refractivity contribution in [3.63, 3.8) is 0 Å². The van der Waals surface area contributed by atoms with Gasteiger partial charge in [0.2, 0.25) is 5.70 Å². The Morgan fingerprint density at radius 2 is 2.16 bits per heavy atom. The van der Waals surface area contributed by atoms with Crippen LogP contribution in [0.15, 0.2) is 41.8 Å². The van der Waals surface area contributed by atoms with Crippen LogP contribution < -0.4 is 0 Å². The lowest BCUT2D eigenvalue weighted by atomic mass is 9.92. The summed E-state index contributed by atoms with van der Waals surface area (Å²) in [6.45, 7) is 0.559. The number of benzene rings is 1. The fourth-order valence-corrected chi connectivity index (χ4v) is 3.83. The van der Waals surface area contributed by atoms with Gasteiger partial charge in [-0.2, -0.15) is 5.26 Å². The van der Waals surface area contributed by atoms with Gasteiger partial charge < -0.3 is 9.84 Å². The molecule has 2 aliphatic heterocycles. The lowest BCUT2D eigenvalue weighted by Crippen LogP contribution is -2.46. The highest BCUT2D eigenvalue weighted by Crippen LogP contribution is 2.46. The summed E-state index contributed by atoms with van der Waals surface area (Å²) in [5, 5.41) is 21.1. The second-order valence-corrected chi connectivity index (χ2v) is 6.36. The highest BCUT2D eigenvalue weighted by molar-refractivity contribution is 5.94. The third kappa shape index (κ3) is 1.93. The average molecular weight is 334 g/mol. The summed E-state index contributed by atoms with van der Waals surface area (Å²) >= 11 is 0. The predicted octanol–water partition coefficient (Wildman–Crippen LogP) is 2.41. The largest absolute Gasteiger partial charge is 0.503 e. The first-order valence-corrected chi connectivity index (χ1v) is 7.93. The van der Waals surface area contributed by atoms with Crippen LogP contribution >= 0.6 is 0 Å². The molecule has 1 aromatic heterocycles. The lowest BCUT2D eigenvalue weighted by Gasteiger charge is -2.37. The number of para-hydroxylation sites is 1. The second-order valence-electron chi connectivity index (χ2n) is 6.36. The average Bonchev–Trinajstić information content (AvgIpc) is 2.90. The van der Waals surface area contributed by atoms with Gasteiger partial charge in [0, 0.05) is 11.8 Å². The number of nitrogens with zero attached hydrogens (tertiary/aromatic N) is 3. The van der Waals surface area contributed by atoms with Gasteiger partial charge in [0.05, 0.1) is 49.1 Å². The number of fused-ring (bicyclic) bond motifs is 4. The number of ether oxygens (including phenoxy) is 1. The molecule has 6 nitrogen and oxygen atoms in total. The van der Waals surface area contributed by atoms with E-state index in [2.05, 4.69) is 6.07 Å². The summed E-state index contributed by atoms with van der Waals surface area (Å²) in [4.78, 5) is 16.9. The highest BCUT2D eigenvalue weighted by atomic mass is 16.5. The minimum absolute atomic E-state index is 0.0163. The van der Waals surface area contributed by atoms with Crippen molar-refractivity contribution in [3.8, 4) is 6.07 Å². The van der Waals surface area contributed by atoms with Crippen LogP contribution in [-0.2, 0) is 16.0 Å². The molecule has 0 spiro atoms. The molecule has 0 saturated heterocycles. The number of quaternary nitrogens is 1. The molecule has 3 heterocycles. The number of hydrogen-bond acceptors (Lipinski definition) is 5. The van der Waals surface area contributed by atoms with E-state index in [1.165, 1.54) is 13.2 Å². The molecule has 1 aromatic carbocycles. The summed E-state index contributed by atoms with van der Waals surface area (Å²) in [5.74, 6) is -0.503. The molecule has 0 saturated carbocycles. The van der Waals surface area contributed by atoms with Gasteiger partial charge in [0.1, 0.15) is 6.07 Å². The molecular weight excluding hydrogens is 318 g/mol. The number of hydrogen-bond donors (Lipinski definition) is 1. The maximum absolute atomic E-state index is 12.2. The van der Waals surface area contributed by atoms with E-state index >= 15 is 0 Å². The van der Waals surface area contributed by atoms with Crippen molar-refractivity contribution in [2.75, 3.05) is 20.7 Å². The van der Waals surface area contributed by atoms with E-state index in [4.69, 9.17) is 9.72 Å². The van der Waals surface area contributed by atoms with Crippen LogP contribution in [0.2, 0.25) is 0 Å². The zero-order valence-corrected chi connectivity index (χ0v) is 13.9. The van der Waals surface area contributed by atoms with Crippen molar-refractivity contribution in [1.82, 2.24) is 4.98 Å². The topological polar surface area (TPSA) is 83.2 Å². The van der Waals surface area contributed by atoms with E-state index in [0.29, 0.717) is 35.5 Å². The summed E-state index contributed by atoms with van der Waals surface area (Å²) < 4.78 is 4.98. The quantitative estimate of drug-likeness (QED) is 0.639. The van der Waals surface area contributed by atoms with E-state index in [1.54, 1.807) is 0 Å². The first kappa shape index (κ1) is 15.4. The number of pyridine rings is 1. The number of carbonyl (C=O) groups is 1. The Bertz CT molecular complexity index is 1050. The first-order chi connectivity index (χ1) is 12.0. The van der Waals surface area contributed by atoms with E-state index in [1.807, 2.05) is 31.3 Å². The van der Waals surface area contributed by atoms with Crippen molar-refractivity contribution in [1.29, 1.82) is 5.26 Å². The molecule has 124 valence electrons. The number of rotatable bonds is 1. The van der Waals surface area contributed by atoms with E-state index in [-0.39, 0.29) is 10.2 Å². The molecule has 0 bridgehead atoms. The van der Waals surface area contributed by atoms with Crippen molar-refractivity contribution >= 4 is 22.6 Å². The zero-order chi connectivity index (χ0) is 17.8. The fourth-order valence-electron chi connectivity index (χ4n) is 3.83. The standard InChI is InChI=1S/C19H15N3O3/c1-22-8-7-14-17(18(22)16(23)9-15(22)19(24)25-2)12(10-20)11-5-3-4-6-13(11)21-14/h3-6,9H,7-8H2,1-2H3/p+1. The fraction of sp³-hybridized carbons (Fsp3) is 0.211. The van der Waals surface area contributed by atoms with Crippen LogP contribution in [0.3, 0.4) is 0 Å². The Hall–Kier alpha value is -3.17. The minimum atomic E-state index is -0.486. The number of aliphatic hydroxyl groups excluding tert-OH is 1. The first-order valence-electron chi connectivity index (χ1n) is 7.93. The van der Waals surface area contributed by atoms with Crippen LogP contribution in [0.5, 0.6) is 0 Å². The van der Waals surface area contributed by atoms with E-state index in [0.717, 1.165) is 16.6 Å². The smallest absolute Gasteiger partial charge is 0.393 e. The SMILES string of the molecule is COC(=O)C1=CC(O)=C2c3c(nc4ccccc4c3C#N)CC[N+]12C. The van der Waals surface area contributed by atoms with Gasteiger partial charge >= 0.3 is 5.97 Å². The highest BCUT2D eigenvalue weighted by Gasteiger charge is 2.50. The van der Waals surface area contributed by atoms with Gasteiger partial charge in [-0.25, -0.2) is 4.79 Å². The molecule has 25 heavy (non-hydrogen) atoms. The van der Waals surface area contributed by atoms with E-state index in [9.17, 15) is 15.2 Å². The maximum Gasteiger partial charge on any atom is 0.393 e. The second kappa shape index (κ2) is 5.16. The van der Waals surface area contributed by atoms with Gasteiger partial charge in [-0.1, -0.05) is 18.2 Å². The lowest BCUT2D eigenvalue weighted by molar-refractivity contribution is -0.795. The Kier molecular flexibility index (Phi) is 3.17. The van der Waals surface area contributed by atoms with Gasteiger partial charge in [0.15, 0.2) is 11.5 Å². The van der Waals surface area contributed by atoms with Crippen LogP contribution in [0.4, 0.5) is 0 Å².